The van der Waals surface area contributed by atoms with Gasteiger partial charge >= 0.3 is 0 Å². The van der Waals surface area contributed by atoms with Crippen LogP contribution >= 0.6 is 11.6 Å². The topological polar surface area (TPSA) is 12.0 Å². The van der Waals surface area contributed by atoms with E-state index >= 15 is 0 Å². The number of hydrogen-bond donors (Lipinski definition) is 1. The fraction of sp³-hybridized carbons (Fsp3) is 0.333. The number of rotatable bonds is 2. The van der Waals surface area contributed by atoms with Crippen molar-refractivity contribution in [2.75, 3.05) is 7.05 Å². The normalized spacial score (nSPS) is 12.6. The molecule has 2 heteroatoms. The van der Waals surface area contributed by atoms with Gasteiger partial charge in [0.2, 0.25) is 0 Å². The highest BCUT2D eigenvalue weighted by Crippen LogP contribution is 1.99. The summed E-state index contributed by atoms with van der Waals surface area (Å²) in [5.74, 6) is 0. The molecule has 0 rings (SSSR count). The van der Waals surface area contributed by atoms with Crippen molar-refractivity contribution >= 4 is 11.6 Å². The van der Waals surface area contributed by atoms with Crippen molar-refractivity contribution in [1.29, 1.82) is 0 Å². The third kappa shape index (κ3) is 3.75. The first kappa shape index (κ1) is 7.57. The Labute approximate surface area is 55.0 Å². The highest BCUT2D eigenvalue weighted by atomic mass is 35.5. The highest BCUT2D eigenvalue weighted by molar-refractivity contribution is 6.31. The molecule has 0 fully saturated rings. The van der Waals surface area contributed by atoms with E-state index in [0.717, 1.165) is 5.03 Å². The summed E-state index contributed by atoms with van der Waals surface area (Å²) in [5, 5.41) is 3.58. The van der Waals surface area contributed by atoms with Gasteiger partial charge in [-0.25, -0.2) is 0 Å². The smallest absolute Gasteiger partial charge is 0.0377 e. The first-order valence-corrected chi connectivity index (χ1v) is 2.84. The molecule has 1 nitrogen and oxygen atoms in total. The van der Waals surface area contributed by atoms with Gasteiger partial charge < -0.3 is 5.32 Å². The van der Waals surface area contributed by atoms with Gasteiger partial charge in [-0.15, -0.1) is 0 Å². The lowest BCUT2D eigenvalue weighted by Crippen LogP contribution is -1.90. The number of nitrogens with one attached hydrogen (secondary N) is 1. The minimum absolute atomic E-state index is 0.749. The van der Waals surface area contributed by atoms with Crippen molar-refractivity contribution in [3.8, 4) is 0 Å². The third-order valence-electron chi connectivity index (χ3n) is 0.685. The molecule has 0 spiro atoms. The van der Waals surface area contributed by atoms with Crippen LogP contribution in [0.3, 0.4) is 0 Å². The van der Waals surface area contributed by atoms with E-state index < -0.39 is 0 Å². The lowest BCUT2D eigenvalue weighted by Gasteiger charge is -1.84. The Bertz CT molecular complexity index is 105. The Balaban J connectivity index is 3.53. The van der Waals surface area contributed by atoms with E-state index in [2.05, 4.69) is 5.32 Å². The highest BCUT2D eigenvalue weighted by Gasteiger charge is 1.75. The molecular formula is C6H10ClN. The predicted molar refractivity (Wildman–Crippen MR) is 37.8 cm³/mol. The van der Waals surface area contributed by atoms with E-state index in [9.17, 15) is 0 Å². The Morgan fingerprint density at radius 2 is 2.25 bits per heavy atom. The van der Waals surface area contributed by atoms with Gasteiger partial charge in [0.05, 0.1) is 0 Å². The van der Waals surface area contributed by atoms with E-state index in [1.54, 1.807) is 12.3 Å². The summed E-state index contributed by atoms with van der Waals surface area (Å²) < 4.78 is 0. The van der Waals surface area contributed by atoms with Crippen molar-refractivity contribution in [1.82, 2.24) is 5.32 Å². The van der Waals surface area contributed by atoms with Crippen LogP contribution in [0.15, 0.2) is 23.4 Å². The molecule has 0 aromatic carbocycles. The monoisotopic (exact) mass is 131 g/mol. The molecule has 0 saturated carbocycles. The molecule has 0 bridgehead atoms. The average Bonchev–Trinajstić information content (AvgIpc) is 1.83. The number of halogens is 1. The molecular weight excluding hydrogens is 122 g/mol. The Morgan fingerprint density at radius 1 is 1.62 bits per heavy atom. The van der Waals surface area contributed by atoms with Gasteiger partial charge in [-0.2, -0.15) is 0 Å². The van der Waals surface area contributed by atoms with E-state index in [1.165, 1.54) is 0 Å². The molecule has 0 aliphatic rings. The van der Waals surface area contributed by atoms with Crippen molar-refractivity contribution in [3.63, 3.8) is 0 Å². The van der Waals surface area contributed by atoms with E-state index in [1.807, 2.05) is 20.0 Å². The Hall–Kier alpha value is -0.430. The maximum absolute atomic E-state index is 5.58. The minimum atomic E-state index is 0.749. The van der Waals surface area contributed by atoms with E-state index in [0.29, 0.717) is 0 Å². The summed E-state index contributed by atoms with van der Waals surface area (Å²) in [7, 11) is 1.83. The van der Waals surface area contributed by atoms with Gasteiger partial charge in [0, 0.05) is 12.1 Å². The largest absolute Gasteiger partial charge is 0.394 e. The second-order valence-electron chi connectivity index (χ2n) is 1.30. The summed E-state index contributed by atoms with van der Waals surface area (Å²) in [5.41, 5.74) is 0. The molecule has 0 aliphatic heterocycles. The summed E-state index contributed by atoms with van der Waals surface area (Å²) in [6.07, 6.45) is 5.40. The minimum Gasteiger partial charge on any atom is -0.394 e. The molecule has 0 radical (unpaired) electrons. The van der Waals surface area contributed by atoms with E-state index in [4.69, 9.17) is 11.6 Å². The summed E-state index contributed by atoms with van der Waals surface area (Å²) >= 11 is 5.58. The van der Waals surface area contributed by atoms with Crippen molar-refractivity contribution in [2.45, 2.75) is 6.92 Å². The maximum Gasteiger partial charge on any atom is 0.0377 e. The van der Waals surface area contributed by atoms with Crippen LogP contribution in [0.2, 0.25) is 0 Å². The number of allylic oxidation sites excluding steroid dienone is 3. The molecule has 0 aromatic rings. The lowest BCUT2D eigenvalue weighted by atomic mass is 10.5. The summed E-state index contributed by atoms with van der Waals surface area (Å²) in [4.78, 5) is 0. The van der Waals surface area contributed by atoms with Gasteiger partial charge in [0.25, 0.3) is 0 Å². The van der Waals surface area contributed by atoms with Gasteiger partial charge in [-0.3, -0.25) is 0 Å². The molecule has 1 N–H and O–H groups in total. The van der Waals surface area contributed by atoms with E-state index in [-0.39, 0.29) is 0 Å². The summed E-state index contributed by atoms with van der Waals surface area (Å²) in [6.45, 7) is 1.89. The molecule has 46 valence electrons. The van der Waals surface area contributed by atoms with Crippen LogP contribution in [0.4, 0.5) is 0 Å². The molecule has 0 saturated heterocycles. The summed E-state index contributed by atoms with van der Waals surface area (Å²) in [6, 6.07) is 0. The second kappa shape index (κ2) is 4.72. The van der Waals surface area contributed by atoms with Crippen molar-refractivity contribution in [3.05, 3.63) is 23.4 Å². The van der Waals surface area contributed by atoms with Gasteiger partial charge in [-0.05, 0) is 19.2 Å². The zero-order chi connectivity index (χ0) is 6.41. The fourth-order valence-electron chi connectivity index (χ4n) is 0.259. The molecule has 0 aliphatic carbocycles. The molecule has 0 atom stereocenters. The zero-order valence-corrected chi connectivity index (χ0v) is 5.87. The third-order valence-corrected chi connectivity index (χ3v) is 1.03. The van der Waals surface area contributed by atoms with Crippen LogP contribution in [-0.4, -0.2) is 7.05 Å². The second-order valence-corrected chi connectivity index (χ2v) is 1.73. The van der Waals surface area contributed by atoms with Crippen LogP contribution in [0.25, 0.3) is 0 Å². The van der Waals surface area contributed by atoms with Crippen LogP contribution in [0.1, 0.15) is 6.92 Å². The molecule has 0 heterocycles. The predicted octanol–water partition coefficient (Wildman–Crippen LogP) is 1.86. The SMILES string of the molecule is C/C=C(Cl)\C=C/NC. The molecule has 0 unspecified atom stereocenters. The first-order chi connectivity index (χ1) is 3.81. The maximum atomic E-state index is 5.58. The lowest BCUT2D eigenvalue weighted by molar-refractivity contribution is 1.10. The first-order valence-electron chi connectivity index (χ1n) is 2.47. The Kier molecular flexibility index (Phi) is 4.47. The standard InChI is InChI=1S/C6H10ClN/c1-3-6(7)4-5-8-2/h3-5,8H,1-2H3/b5-4-,6-3+. The van der Waals surface area contributed by atoms with Crippen LogP contribution in [0.5, 0.6) is 0 Å². The van der Waals surface area contributed by atoms with Crippen LogP contribution in [-0.2, 0) is 0 Å². The van der Waals surface area contributed by atoms with Gasteiger partial charge in [0.1, 0.15) is 0 Å². The van der Waals surface area contributed by atoms with Crippen LogP contribution in [0, 0.1) is 0 Å². The molecule has 0 aromatic heterocycles. The molecule has 0 amide bonds. The van der Waals surface area contributed by atoms with Gasteiger partial charge in [0.15, 0.2) is 0 Å². The quantitative estimate of drug-likeness (QED) is 0.565. The Morgan fingerprint density at radius 3 is 2.62 bits per heavy atom. The van der Waals surface area contributed by atoms with Crippen LogP contribution < -0.4 is 5.32 Å². The molecule has 8 heavy (non-hydrogen) atoms. The van der Waals surface area contributed by atoms with Gasteiger partial charge in [-0.1, -0.05) is 17.7 Å². The average molecular weight is 132 g/mol. The number of hydrogen-bond acceptors (Lipinski definition) is 1. The zero-order valence-electron chi connectivity index (χ0n) is 5.11. The fourth-order valence-corrected chi connectivity index (χ4v) is 0.322. The van der Waals surface area contributed by atoms with Crippen molar-refractivity contribution < 1.29 is 0 Å². The van der Waals surface area contributed by atoms with Crippen molar-refractivity contribution in [2.24, 2.45) is 0 Å².